The maximum absolute atomic E-state index is 4.08. The fraction of sp³-hybridized carbons (Fsp3) is 0.273. The summed E-state index contributed by atoms with van der Waals surface area (Å²) >= 11 is 0. The van der Waals surface area contributed by atoms with Gasteiger partial charge in [0.15, 0.2) is 0 Å². The number of aromatic nitrogens is 2. The molecule has 0 aliphatic heterocycles. The third kappa shape index (κ3) is 7.19. The van der Waals surface area contributed by atoms with Gasteiger partial charge in [-0.3, -0.25) is 9.97 Å². The minimum Gasteiger partial charge on any atom is -0.264 e. The lowest BCUT2D eigenvalue weighted by atomic mass is 10.1. The van der Waals surface area contributed by atoms with E-state index >= 15 is 0 Å². The van der Waals surface area contributed by atoms with Gasteiger partial charge in [-0.15, -0.1) is 0 Å². The summed E-state index contributed by atoms with van der Waals surface area (Å²) in [5.41, 5.74) is 7.67. The Kier molecular flexibility index (Phi) is 8.42. The van der Waals surface area contributed by atoms with Crippen molar-refractivity contribution in [2.45, 2.75) is 41.5 Å². The molecule has 0 spiro atoms. The fourth-order valence-corrected chi connectivity index (χ4v) is 1.77. The molecule has 2 aromatic heterocycles. The normalized spacial score (nSPS) is 9.25. The Morgan fingerprint density at radius 1 is 0.542 bits per heavy atom. The molecule has 0 fully saturated rings. The van der Waals surface area contributed by atoms with Crippen molar-refractivity contribution in [2.75, 3.05) is 0 Å². The number of nitrogens with zero attached hydrogens (tertiary/aromatic N) is 2. The van der Waals surface area contributed by atoms with E-state index in [9.17, 15) is 0 Å². The van der Waals surface area contributed by atoms with Crippen molar-refractivity contribution in [2.24, 2.45) is 0 Å². The zero-order valence-corrected chi connectivity index (χ0v) is 15.7. The van der Waals surface area contributed by atoms with Crippen molar-refractivity contribution in [1.82, 2.24) is 9.97 Å². The van der Waals surface area contributed by atoms with E-state index < -0.39 is 0 Å². The van der Waals surface area contributed by atoms with Crippen molar-refractivity contribution < 1.29 is 0 Å². The van der Waals surface area contributed by atoms with Crippen LogP contribution < -0.4 is 0 Å². The maximum Gasteiger partial charge on any atom is 0.0401 e. The summed E-state index contributed by atoms with van der Waals surface area (Å²) < 4.78 is 0. The third-order valence-corrected chi connectivity index (χ3v) is 4.00. The number of hydrogen-bond acceptors (Lipinski definition) is 2. The average Bonchev–Trinajstić information content (AvgIpc) is 2.57. The highest BCUT2D eigenvalue weighted by Crippen LogP contribution is 2.02. The molecular weight excluding hydrogens is 292 g/mol. The predicted octanol–water partition coefficient (Wildman–Crippen LogP) is 5.70. The molecule has 0 unspecified atom stereocenters. The van der Waals surface area contributed by atoms with E-state index in [1.165, 1.54) is 27.8 Å². The first kappa shape index (κ1) is 19.6. The van der Waals surface area contributed by atoms with Crippen LogP contribution in [0.5, 0.6) is 0 Å². The van der Waals surface area contributed by atoms with Crippen LogP contribution in [0.3, 0.4) is 0 Å². The Bertz CT molecular complexity index is 582. The Morgan fingerprint density at radius 2 is 1.08 bits per heavy atom. The monoisotopic (exact) mass is 320 g/mol. The molecule has 2 heteroatoms. The minimum atomic E-state index is 1.12. The van der Waals surface area contributed by atoms with Gasteiger partial charge in [0.1, 0.15) is 0 Å². The molecule has 0 bridgehead atoms. The van der Waals surface area contributed by atoms with Crippen molar-refractivity contribution >= 4 is 0 Å². The van der Waals surface area contributed by atoms with Crippen molar-refractivity contribution in [1.29, 1.82) is 0 Å². The minimum absolute atomic E-state index is 1.12. The van der Waals surface area contributed by atoms with Gasteiger partial charge in [-0.05, 0) is 81.5 Å². The predicted molar refractivity (Wildman–Crippen MR) is 103 cm³/mol. The highest BCUT2D eigenvalue weighted by Gasteiger charge is 1.86. The van der Waals surface area contributed by atoms with Gasteiger partial charge in [-0.1, -0.05) is 30.3 Å². The van der Waals surface area contributed by atoms with Gasteiger partial charge in [0.2, 0.25) is 0 Å². The SMILES string of the molecule is Cc1ccccc1C.Cc1cccnc1C.Cc1ccncc1C. The molecular formula is C22H28N2. The third-order valence-electron chi connectivity index (χ3n) is 4.00. The molecule has 0 saturated carbocycles. The Hall–Kier alpha value is -2.48. The largest absolute Gasteiger partial charge is 0.264 e. The standard InChI is InChI=1S/C8H10.2C7H9N/c1-7-5-3-4-6-8(7)2;1-6-3-4-8-5-7(6)2;1-6-4-3-5-8-7(6)2/h3-6H,1-2H3;2*3-5H,1-2H3. The molecule has 24 heavy (non-hydrogen) atoms. The maximum atomic E-state index is 4.08. The summed E-state index contributed by atoms with van der Waals surface area (Å²) in [7, 11) is 0. The van der Waals surface area contributed by atoms with Gasteiger partial charge < -0.3 is 0 Å². The highest BCUT2D eigenvalue weighted by molar-refractivity contribution is 5.23. The fourth-order valence-electron chi connectivity index (χ4n) is 1.77. The summed E-state index contributed by atoms with van der Waals surface area (Å²) in [6, 6.07) is 14.4. The number of rotatable bonds is 0. The molecule has 2 nitrogen and oxygen atoms in total. The van der Waals surface area contributed by atoms with E-state index in [1.54, 1.807) is 0 Å². The lowest BCUT2D eigenvalue weighted by Crippen LogP contribution is -1.81. The van der Waals surface area contributed by atoms with E-state index in [-0.39, 0.29) is 0 Å². The van der Waals surface area contributed by atoms with E-state index in [0.717, 1.165) is 5.69 Å². The number of benzene rings is 1. The van der Waals surface area contributed by atoms with Crippen LogP contribution in [0, 0.1) is 41.5 Å². The van der Waals surface area contributed by atoms with Gasteiger partial charge in [-0.25, -0.2) is 0 Å². The average molecular weight is 320 g/mol. The summed E-state index contributed by atoms with van der Waals surface area (Å²) in [5.74, 6) is 0. The highest BCUT2D eigenvalue weighted by atomic mass is 14.7. The second-order valence-electron chi connectivity index (χ2n) is 5.95. The van der Waals surface area contributed by atoms with Crippen LogP contribution in [0.1, 0.15) is 33.5 Å². The molecule has 0 atom stereocenters. The van der Waals surface area contributed by atoms with E-state index in [1.807, 2.05) is 37.6 Å². The quantitative estimate of drug-likeness (QED) is 0.531. The summed E-state index contributed by atoms with van der Waals surface area (Å²) in [6.45, 7) is 12.4. The van der Waals surface area contributed by atoms with Gasteiger partial charge in [0.25, 0.3) is 0 Å². The second kappa shape index (κ2) is 10.3. The second-order valence-corrected chi connectivity index (χ2v) is 5.95. The molecule has 0 amide bonds. The van der Waals surface area contributed by atoms with Crippen LogP contribution in [-0.4, -0.2) is 9.97 Å². The smallest absolute Gasteiger partial charge is 0.0401 e. The first-order valence-electron chi connectivity index (χ1n) is 8.19. The van der Waals surface area contributed by atoms with Crippen LogP contribution in [0.15, 0.2) is 61.1 Å². The molecule has 0 radical (unpaired) electrons. The molecule has 0 N–H and O–H groups in total. The van der Waals surface area contributed by atoms with Crippen LogP contribution >= 0.6 is 0 Å². The van der Waals surface area contributed by atoms with Gasteiger partial charge >= 0.3 is 0 Å². The summed E-state index contributed by atoms with van der Waals surface area (Å²) in [6.07, 6.45) is 5.49. The van der Waals surface area contributed by atoms with E-state index in [4.69, 9.17) is 0 Å². The Morgan fingerprint density at radius 3 is 1.42 bits per heavy atom. The first-order chi connectivity index (χ1) is 11.4. The van der Waals surface area contributed by atoms with E-state index in [2.05, 4.69) is 74.9 Å². The van der Waals surface area contributed by atoms with E-state index in [0.29, 0.717) is 0 Å². The first-order valence-corrected chi connectivity index (χ1v) is 8.19. The van der Waals surface area contributed by atoms with Crippen LogP contribution in [0.25, 0.3) is 0 Å². The summed E-state index contributed by atoms with van der Waals surface area (Å²) in [4.78, 5) is 8.02. The molecule has 3 aromatic rings. The molecule has 3 rings (SSSR count). The van der Waals surface area contributed by atoms with Crippen molar-refractivity contribution in [3.05, 3.63) is 94.6 Å². The molecule has 126 valence electrons. The molecule has 0 aliphatic carbocycles. The van der Waals surface area contributed by atoms with Gasteiger partial charge in [0.05, 0.1) is 0 Å². The zero-order valence-electron chi connectivity index (χ0n) is 15.7. The number of hydrogen-bond donors (Lipinski definition) is 0. The van der Waals surface area contributed by atoms with Crippen LogP contribution in [-0.2, 0) is 0 Å². The van der Waals surface area contributed by atoms with Gasteiger partial charge in [-0.2, -0.15) is 0 Å². The Labute approximate surface area is 146 Å². The Balaban J connectivity index is 0.000000180. The zero-order chi connectivity index (χ0) is 17.9. The summed E-state index contributed by atoms with van der Waals surface area (Å²) in [5, 5.41) is 0. The molecule has 0 aliphatic rings. The number of pyridine rings is 2. The lowest BCUT2D eigenvalue weighted by Gasteiger charge is -1.93. The lowest BCUT2D eigenvalue weighted by molar-refractivity contribution is 1.15. The molecule has 0 saturated heterocycles. The van der Waals surface area contributed by atoms with Crippen molar-refractivity contribution in [3.63, 3.8) is 0 Å². The van der Waals surface area contributed by atoms with Gasteiger partial charge in [0, 0.05) is 24.3 Å². The molecule has 2 heterocycles. The molecule has 1 aromatic carbocycles. The van der Waals surface area contributed by atoms with Crippen molar-refractivity contribution in [3.8, 4) is 0 Å². The number of aryl methyl sites for hydroxylation is 6. The van der Waals surface area contributed by atoms with Crippen LogP contribution in [0.4, 0.5) is 0 Å². The van der Waals surface area contributed by atoms with Crippen LogP contribution in [0.2, 0.25) is 0 Å². The topological polar surface area (TPSA) is 25.8 Å².